The highest BCUT2D eigenvalue weighted by Crippen LogP contribution is 2.15. The Morgan fingerprint density at radius 3 is 2.94 bits per heavy atom. The minimum absolute atomic E-state index is 0.0745. The number of carbonyl (C=O) groups excluding carboxylic acids is 1. The van der Waals surface area contributed by atoms with Gasteiger partial charge in [0.15, 0.2) is 0 Å². The fraction of sp³-hybridized carbons (Fsp3) is 0.417. The molecule has 0 saturated carbocycles. The number of piperidine rings is 1. The standard InChI is InChI=1S/C12H15FN2O/c13-10-5-2-1-4-9(10)8-15-7-3-6-11(14)12(15)16/h1-2,4-5,11H,3,6-8,14H2. The summed E-state index contributed by atoms with van der Waals surface area (Å²) in [6.07, 6.45) is 1.62. The van der Waals surface area contributed by atoms with Gasteiger partial charge < -0.3 is 10.6 Å². The maximum atomic E-state index is 13.4. The van der Waals surface area contributed by atoms with Crippen molar-refractivity contribution in [1.82, 2.24) is 4.90 Å². The fourth-order valence-corrected chi connectivity index (χ4v) is 1.96. The number of nitrogens with zero attached hydrogens (tertiary/aromatic N) is 1. The third kappa shape index (κ3) is 2.22. The lowest BCUT2D eigenvalue weighted by Crippen LogP contribution is -2.47. The number of amides is 1. The molecule has 1 aromatic rings. The Hall–Kier alpha value is -1.42. The number of hydrogen-bond donors (Lipinski definition) is 1. The van der Waals surface area contributed by atoms with Crippen LogP contribution in [0.3, 0.4) is 0 Å². The zero-order chi connectivity index (χ0) is 11.5. The lowest BCUT2D eigenvalue weighted by molar-refractivity contribution is -0.135. The second-order valence-electron chi connectivity index (χ2n) is 4.10. The molecule has 0 bridgehead atoms. The Balaban J connectivity index is 2.10. The van der Waals surface area contributed by atoms with E-state index in [1.54, 1.807) is 23.1 Å². The molecule has 4 heteroatoms. The van der Waals surface area contributed by atoms with Crippen LogP contribution in [0.15, 0.2) is 24.3 Å². The summed E-state index contributed by atoms with van der Waals surface area (Å²) in [4.78, 5) is 13.4. The minimum Gasteiger partial charge on any atom is -0.337 e. The monoisotopic (exact) mass is 222 g/mol. The van der Waals surface area contributed by atoms with E-state index in [1.165, 1.54) is 6.07 Å². The molecular formula is C12H15FN2O. The third-order valence-electron chi connectivity index (χ3n) is 2.89. The Morgan fingerprint density at radius 1 is 1.44 bits per heavy atom. The molecule has 0 radical (unpaired) electrons. The molecule has 1 aliphatic rings. The Labute approximate surface area is 94.0 Å². The number of carbonyl (C=O) groups is 1. The van der Waals surface area contributed by atoms with Crippen LogP contribution in [-0.4, -0.2) is 23.4 Å². The zero-order valence-electron chi connectivity index (χ0n) is 9.03. The molecule has 0 spiro atoms. The van der Waals surface area contributed by atoms with Crippen molar-refractivity contribution in [3.63, 3.8) is 0 Å². The van der Waals surface area contributed by atoms with Crippen LogP contribution < -0.4 is 5.73 Å². The van der Waals surface area contributed by atoms with Gasteiger partial charge in [0.05, 0.1) is 6.04 Å². The number of halogens is 1. The smallest absolute Gasteiger partial charge is 0.239 e. The van der Waals surface area contributed by atoms with E-state index < -0.39 is 6.04 Å². The average molecular weight is 222 g/mol. The first-order chi connectivity index (χ1) is 7.68. The van der Waals surface area contributed by atoms with E-state index in [1.807, 2.05) is 0 Å². The van der Waals surface area contributed by atoms with E-state index in [0.717, 1.165) is 12.8 Å². The summed E-state index contributed by atoms with van der Waals surface area (Å²) in [6.45, 7) is 0.986. The molecule has 1 fully saturated rings. The van der Waals surface area contributed by atoms with Gasteiger partial charge in [0.1, 0.15) is 5.82 Å². The van der Waals surface area contributed by atoms with Crippen molar-refractivity contribution in [2.45, 2.75) is 25.4 Å². The van der Waals surface area contributed by atoms with Gasteiger partial charge in [-0.15, -0.1) is 0 Å². The number of likely N-dealkylation sites (tertiary alicyclic amines) is 1. The van der Waals surface area contributed by atoms with Gasteiger partial charge in [-0.05, 0) is 18.9 Å². The maximum absolute atomic E-state index is 13.4. The average Bonchev–Trinajstić information content (AvgIpc) is 2.28. The second-order valence-corrected chi connectivity index (χ2v) is 4.10. The first-order valence-corrected chi connectivity index (χ1v) is 5.46. The molecule has 1 amide bonds. The molecule has 86 valence electrons. The molecule has 2 N–H and O–H groups in total. The lowest BCUT2D eigenvalue weighted by atomic mass is 10.0. The van der Waals surface area contributed by atoms with Crippen LogP contribution in [0.2, 0.25) is 0 Å². The molecule has 0 aliphatic carbocycles. The van der Waals surface area contributed by atoms with Gasteiger partial charge in [-0.25, -0.2) is 4.39 Å². The Bertz CT molecular complexity index is 394. The van der Waals surface area contributed by atoms with Crippen molar-refractivity contribution >= 4 is 5.91 Å². The zero-order valence-corrected chi connectivity index (χ0v) is 9.03. The normalized spacial score (nSPS) is 21.2. The highest BCUT2D eigenvalue weighted by atomic mass is 19.1. The summed E-state index contributed by atoms with van der Waals surface area (Å²) >= 11 is 0. The van der Waals surface area contributed by atoms with E-state index in [4.69, 9.17) is 5.73 Å². The van der Waals surface area contributed by atoms with Crippen molar-refractivity contribution in [2.75, 3.05) is 6.54 Å². The van der Waals surface area contributed by atoms with E-state index in [0.29, 0.717) is 18.7 Å². The van der Waals surface area contributed by atoms with Crippen LogP contribution in [0.4, 0.5) is 4.39 Å². The Morgan fingerprint density at radius 2 is 2.19 bits per heavy atom. The molecule has 1 heterocycles. The largest absolute Gasteiger partial charge is 0.337 e. The van der Waals surface area contributed by atoms with Gasteiger partial charge >= 0.3 is 0 Å². The van der Waals surface area contributed by atoms with E-state index >= 15 is 0 Å². The molecule has 2 rings (SSSR count). The van der Waals surface area contributed by atoms with Gasteiger partial charge in [-0.1, -0.05) is 18.2 Å². The summed E-state index contributed by atoms with van der Waals surface area (Å²) in [5.41, 5.74) is 6.22. The first kappa shape index (κ1) is 11.1. The predicted molar refractivity (Wildman–Crippen MR) is 59.0 cm³/mol. The van der Waals surface area contributed by atoms with Gasteiger partial charge in [0, 0.05) is 18.7 Å². The van der Waals surface area contributed by atoms with Crippen LogP contribution >= 0.6 is 0 Å². The number of rotatable bonds is 2. The van der Waals surface area contributed by atoms with Crippen molar-refractivity contribution in [1.29, 1.82) is 0 Å². The summed E-state index contributed by atoms with van der Waals surface area (Å²) in [5, 5.41) is 0. The summed E-state index contributed by atoms with van der Waals surface area (Å²) in [6, 6.07) is 6.10. The number of benzene rings is 1. The van der Waals surface area contributed by atoms with Crippen LogP contribution in [0.1, 0.15) is 18.4 Å². The van der Waals surface area contributed by atoms with Crippen LogP contribution in [0.5, 0.6) is 0 Å². The van der Waals surface area contributed by atoms with E-state index in [9.17, 15) is 9.18 Å². The van der Waals surface area contributed by atoms with Gasteiger partial charge in [0.25, 0.3) is 0 Å². The summed E-state index contributed by atoms with van der Waals surface area (Å²) in [7, 11) is 0. The first-order valence-electron chi connectivity index (χ1n) is 5.46. The second kappa shape index (κ2) is 4.61. The SMILES string of the molecule is NC1CCCN(Cc2ccccc2F)C1=O. The molecule has 3 nitrogen and oxygen atoms in total. The summed E-state index contributed by atoms with van der Waals surface area (Å²) < 4.78 is 13.4. The minimum atomic E-state index is -0.416. The van der Waals surface area contributed by atoms with E-state index in [-0.39, 0.29) is 11.7 Å². The Kier molecular flexibility index (Phi) is 3.19. The molecule has 0 aromatic heterocycles. The maximum Gasteiger partial charge on any atom is 0.239 e. The van der Waals surface area contributed by atoms with E-state index in [2.05, 4.69) is 0 Å². The third-order valence-corrected chi connectivity index (χ3v) is 2.89. The lowest BCUT2D eigenvalue weighted by Gasteiger charge is -2.30. The molecule has 1 saturated heterocycles. The van der Waals surface area contributed by atoms with Crippen LogP contribution in [-0.2, 0) is 11.3 Å². The van der Waals surface area contributed by atoms with Gasteiger partial charge in [-0.2, -0.15) is 0 Å². The van der Waals surface area contributed by atoms with Crippen molar-refractivity contribution in [2.24, 2.45) is 5.73 Å². The predicted octanol–water partition coefficient (Wildman–Crippen LogP) is 1.28. The van der Waals surface area contributed by atoms with Crippen LogP contribution in [0.25, 0.3) is 0 Å². The van der Waals surface area contributed by atoms with Crippen molar-refractivity contribution in [3.8, 4) is 0 Å². The van der Waals surface area contributed by atoms with Crippen LogP contribution in [0, 0.1) is 5.82 Å². The summed E-state index contributed by atoms with van der Waals surface area (Å²) in [5.74, 6) is -0.344. The molecule has 1 aromatic carbocycles. The molecular weight excluding hydrogens is 207 g/mol. The topological polar surface area (TPSA) is 46.3 Å². The highest BCUT2D eigenvalue weighted by Gasteiger charge is 2.25. The quantitative estimate of drug-likeness (QED) is 0.819. The van der Waals surface area contributed by atoms with Gasteiger partial charge in [-0.3, -0.25) is 4.79 Å². The number of hydrogen-bond acceptors (Lipinski definition) is 2. The van der Waals surface area contributed by atoms with Crippen molar-refractivity contribution < 1.29 is 9.18 Å². The fourth-order valence-electron chi connectivity index (χ4n) is 1.96. The van der Waals surface area contributed by atoms with Crippen molar-refractivity contribution in [3.05, 3.63) is 35.6 Å². The molecule has 16 heavy (non-hydrogen) atoms. The number of nitrogens with two attached hydrogens (primary N) is 1. The van der Waals surface area contributed by atoms with Gasteiger partial charge in [0.2, 0.25) is 5.91 Å². The molecule has 1 atom stereocenters. The highest BCUT2D eigenvalue weighted by molar-refractivity contribution is 5.82. The molecule has 1 aliphatic heterocycles. The molecule has 1 unspecified atom stereocenters.